The van der Waals surface area contributed by atoms with Crippen molar-refractivity contribution in [1.82, 2.24) is 0 Å². The van der Waals surface area contributed by atoms with E-state index in [2.05, 4.69) is 0 Å². The molecule has 1 N–H and O–H groups in total. The molecule has 0 bridgehead atoms. The van der Waals surface area contributed by atoms with E-state index in [0.29, 0.717) is 5.56 Å². The molecule has 164 valence electrons. The van der Waals surface area contributed by atoms with Crippen molar-refractivity contribution in [1.29, 1.82) is 0 Å². The maximum atomic E-state index is 12.2. The number of benzene rings is 3. The molecule has 0 radical (unpaired) electrons. The maximum Gasteiger partial charge on any atom is 0.337 e. The molecule has 0 spiro atoms. The number of carboxylic acid groups (broad SMARTS) is 1. The summed E-state index contributed by atoms with van der Waals surface area (Å²) < 4.78 is 0. The van der Waals surface area contributed by atoms with Crippen molar-refractivity contribution >= 4 is 46.3 Å². The van der Waals surface area contributed by atoms with E-state index < -0.39 is 15.8 Å². The van der Waals surface area contributed by atoms with Crippen LogP contribution in [0.4, 0.5) is 11.4 Å². The minimum absolute atomic E-state index is 0.0156. The van der Waals surface area contributed by atoms with Gasteiger partial charge in [-0.2, -0.15) is 0 Å². The van der Waals surface area contributed by atoms with Crippen LogP contribution in [0.2, 0.25) is 10.0 Å². The van der Waals surface area contributed by atoms with Gasteiger partial charge in [0.15, 0.2) is 5.78 Å². The number of hydrogen-bond donors (Lipinski definition) is 1. The van der Waals surface area contributed by atoms with Crippen LogP contribution in [0, 0.1) is 27.2 Å². The Hall–Kier alpha value is -3.82. The molecule has 0 fully saturated rings. The topological polar surface area (TPSA) is 141 Å². The molecule has 0 atom stereocenters. The van der Waals surface area contributed by atoms with Crippen molar-refractivity contribution in [2.45, 2.75) is 6.92 Å². The second kappa shape index (κ2) is 10.5. The number of nitrogens with zero attached hydrogens (tertiary/aromatic N) is 2. The zero-order valence-corrected chi connectivity index (χ0v) is 17.8. The number of aryl methyl sites for hydroxylation is 1. The highest BCUT2D eigenvalue weighted by Crippen LogP contribution is 2.25. The van der Waals surface area contributed by atoms with Crippen LogP contribution in [0.5, 0.6) is 0 Å². The lowest BCUT2D eigenvalue weighted by Crippen LogP contribution is -2.03. The molecule has 3 aromatic carbocycles. The van der Waals surface area contributed by atoms with Crippen LogP contribution in [0.1, 0.15) is 31.8 Å². The summed E-state index contributed by atoms with van der Waals surface area (Å²) in [6, 6.07) is 14.0. The molecule has 32 heavy (non-hydrogen) atoms. The SMILES string of the molecule is Cc1ccc(C(=O)c2cc([N+](=O)[O-])ccc2Cl)cc1.O=C(O)c1cc([N+](=O)[O-])ccc1Cl. The number of ketones is 1. The van der Waals surface area contributed by atoms with Crippen molar-refractivity contribution in [3.8, 4) is 0 Å². The molecule has 0 unspecified atom stereocenters. The van der Waals surface area contributed by atoms with Crippen LogP contribution < -0.4 is 0 Å². The Labute approximate surface area is 191 Å². The van der Waals surface area contributed by atoms with E-state index in [4.69, 9.17) is 28.3 Å². The van der Waals surface area contributed by atoms with Crippen LogP contribution in [-0.4, -0.2) is 26.7 Å². The predicted octanol–water partition coefficient (Wildman–Crippen LogP) is 5.73. The van der Waals surface area contributed by atoms with E-state index in [1.807, 2.05) is 6.92 Å². The Morgan fingerprint density at radius 2 is 1.22 bits per heavy atom. The molecule has 0 heterocycles. The van der Waals surface area contributed by atoms with Gasteiger partial charge in [-0.25, -0.2) is 4.79 Å². The summed E-state index contributed by atoms with van der Waals surface area (Å²) in [4.78, 5) is 42.5. The van der Waals surface area contributed by atoms with E-state index in [1.54, 1.807) is 24.3 Å². The highest BCUT2D eigenvalue weighted by molar-refractivity contribution is 6.35. The monoisotopic (exact) mass is 476 g/mol. The van der Waals surface area contributed by atoms with Crippen molar-refractivity contribution in [3.05, 3.63) is 113 Å². The Bertz CT molecular complexity index is 1210. The van der Waals surface area contributed by atoms with Crippen LogP contribution in [-0.2, 0) is 0 Å². The normalized spacial score (nSPS) is 9.97. The second-order valence-electron chi connectivity index (χ2n) is 6.34. The van der Waals surface area contributed by atoms with Gasteiger partial charge in [0.1, 0.15) is 0 Å². The van der Waals surface area contributed by atoms with Gasteiger partial charge in [-0.15, -0.1) is 0 Å². The number of aromatic carboxylic acids is 1. The fourth-order valence-electron chi connectivity index (χ4n) is 2.45. The van der Waals surface area contributed by atoms with Gasteiger partial charge in [0.2, 0.25) is 0 Å². The summed E-state index contributed by atoms with van der Waals surface area (Å²) in [6.07, 6.45) is 0. The summed E-state index contributed by atoms with van der Waals surface area (Å²) >= 11 is 11.4. The van der Waals surface area contributed by atoms with Gasteiger partial charge >= 0.3 is 5.97 Å². The third-order valence-corrected chi connectivity index (χ3v) is 4.77. The Balaban J connectivity index is 0.000000244. The zero-order valence-electron chi connectivity index (χ0n) is 16.3. The number of non-ortho nitro benzene ring substituents is 2. The van der Waals surface area contributed by atoms with Gasteiger partial charge in [0.25, 0.3) is 11.4 Å². The number of carbonyl (C=O) groups excluding carboxylic acids is 1. The summed E-state index contributed by atoms with van der Waals surface area (Å²) in [5, 5.41) is 29.7. The number of nitro benzene ring substituents is 2. The largest absolute Gasteiger partial charge is 0.478 e. The first-order valence-electron chi connectivity index (χ1n) is 8.73. The van der Waals surface area contributed by atoms with Gasteiger partial charge in [0, 0.05) is 35.4 Å². The zero-order chi connectivity index (χ0) is 24.0. The highest BCUT2D eigenvalue weighted by Gasteiger charge is 2.17. The first-order valence-corrected chi connectivity index (χ1v) is 9.49. The summed E-state index contributed by atoms with van der Waals surface area (Å²) in [6.45, 7) is 1.91. The highest BCUT2D eigenvalue weighted by atomic mass is 35.5. The number of halogens is 2. The number of hydrogen-bond acceptors (Lipinski definition) is 6. The molecule has 0 amide bonds. The van der Waals surface area contributed by atoms with Gasteiger partial charge in [-0.1, -0.05) is 53.0 Å². The first-order chi connectivity index (χ1) is 15.0. The minimum atomic E-state index is -1.28. The second-order valence-corrected chi connectivity index (χ2v) is 7.16. The molecule has 0 aliphatic heterocycles. The molecule has 0 saturated heterocycles. The average molecular weight is 477 g/mol. The van der Waals surface area contributed by atoms with E-state index >= 15 is 0 Å². The summed E-state index contributed by atoms with van der Waals surface area (Å²) in [7, 11) is 0. The Kier molecular flexibility index (Phi) is 8.00. The van der Waals surface area contributed by atoms with Gasteiger partial charge in [-0.3, -0.25) is 25.0 Å². The van der Waals surface area contributed by atoms with E-state index in [0.717, 1.165) is 17.7 Å². The van der Waals surface area contributed by atoms with E-state index in [-0.39, 0.29) is 38.3 Å². The van der Waals surface area contributed by atoms with Crippen LogP contribution in [0.15, 0.2) is 60.7 Å². The molecule has 11 heteroatoms. The smallest absolute Gasteiger partial charge is 0.337 e. The fourth-order valence-corrected chi connectivity index (χ4v) is 2.85. The molecule has 0 aromatic heterocycles. The third kappa shape index (κ3) is 6.10. The lowest BCUT2D eigenvalue weighted by Gasteiger charge is -2.04. The minimum Gasteiger partial charge on any atom is -0.478 e. The molecule has 0 aliphatic rings. The molecule has 0 aliphatic carbocycles. The molecule has 3 aromatic rings. The number of carboxylic acids is 1. The quantitative estimate of drug-likeness (QED) is 0.281. The molecule has 0 saturated carbocycles. The van der Waals surface area contributed by atoms with Crippen LogP contribution >= 0.6 is 23.2 Å². The van der Waals surface area contributed by atoms with Gasteiger partial charge in [0.05, 0.1) is 25.5 Å². The maximum absolute atomic E-state index is 12.2. The molecule has 3 rings (SSSR count). The Morgan fingerprint density at radius 3 is 1.66 bits per heavy atom. The standard InChI is InChI=1S/C14H10ClNO3.C7H4ClNO4/c1-9-2-4-10(5-3-9)14(17)12-8-11(16(18)19)6-7-13(12)15;8-6-2-1-4(9(12)13)3-5(6)7(10)11/h2-8H,1H3;1-3H,(H,10,11). The van der Waals surface area contributed by atoms with Crippen molar-refractivity contribution < 1.29 is 24.5 Å². The summed E-state index contributed by atoms with van der Waals surface area (Å²) in [5.74, 6) is -1.61. The van der Waals surface area contributed by atoms with Crippen LogP contribution in [0.25, 0.3) is 0 Å². The molecular weight excluding hydrogens is 463 g/mol. The van der Waals surface area contributed by atoms with Crippen LogP contribution in [0.3, 0.4) is 0 Å². The van der Waals surface area contributed by atoms with Crippen molar-refractivity contribution in [2.24, 2.45) is 0 Å². The Morgan fingerprint density at radius 1 is 0.781 bits per heavy atom. The third-order valence-electron chi connectivity index (χ3n) is 4.11. The fraction of sp³-hybridized carbons (Fsp3) is 0.0476. The predicted molar refractivity (Wildman–Crippen MR) is 118 cm³/mol. The lowest BCUT2D eigenvalue weighted by atomic mass is 10.0. The van der Waals surface area contributed by atoms with E-state index in [9.17, 15) is 29.8 Å². The van der Waals surface area contributed by atoms with Gasteiger partial charge in [-0.05, 0) is 19.1 Å². The van der Waals surface area contributed by atoms with Gasteiger partial charge < -0.3 is 5.11 Å². The number of rotatable bonds is 5. The first kappa shape index (κ1) is 24.4. The van der Waals surface area contributed by atoms with E-state index in [1.165, 1.54) is 24.3 Å². The van der Waals surface area contributed by atoms with Crippen molar-refractivity contribution in [2.75, 3.05) is 0 Å². The number of nitro groups is 2. The molecular formula is C21H14Cl2N2O7. The van der Waals surface area contributed by atoms with Crippen molar-refractivity contribution in [3.63, 3.8) is 0 Å². The lowest BCUT2D eigenvalue weighted by molar-refractivity contribution is -0.385. The molecule has 9 nitrogen and oxygen atoms in total. The average Bonchev–Trinajstić information content (AvgIpc) is 2.74. The number of carbonyl (C=O) groups is 2. The summed E-state index contributed by atoms with van der Waals surface area (Å²) in [5.41, 5.74) is 0.909.